The molecule has 0 amide bonds. The monoisotopic (exact) mass is 227 g/mol. The lowest BCUT2D eigenvalue weighted by molar-refractivity contribution is -0.146. The fourth-order valence-corrected chi connectivity index (χ4v) is 1.88. The van der Waals surface area contributed by atoms with Gasteiger partial charge in [-0.15, -0.1) is 0 Å². The van der Waals surface area contributed by atoms with Gasteiger partial charge in [0.1, 0.15) is 6.04 Å². The Labute approximate surface area is 92.0 Å². The lowest BCUT2D eigenvalue weighted by Gasteiger charge is -2.19. The molecule has 2 unspecified atom stereocenters. The number of aromatic nitrogens is 2. The van der Waals surface area contributed by atoms with E-state index in [0.29, 0.717) is 25.3 Å². The zero-order valence-electron chi connectivity index (χ0n) is 8.87. The molecule has 0 aromatic carbocycles. The smallest absolute Gasteiger partial charge is 0.323 e. The lowest BCUT2D eigenvalue weighted by atomic mass is 10.2. The second-order valence-corrected chi connectivity index (χ2v) is 3.71. The van der Waals surface area contributed by atoms with Crippen LogP contribution < -0.4 is 0 Å². The van der Waals surface area contributed by atoms with Gasteiger partial charge in [0.25, 0.3) is 0 Å². The lowest BCUT2D eigenvalue weighted by Crippen LogP contribution is -2.36. The summed E-state index contributed by atoms with van der Waals surface area (Å²) in [6.07, 6.45) is 1.09. The van der Waals surface area contributed by atoms with Gasteiger partial charge in [-0.05, 0) is 0 Å². The molecule has 0 bridgehead atoms. The van der Waals surface area contributed by atoms with Crippen LogP contribution in [0.25, 0.3) is 0 Å². The van der Waals surface area contributed by atoms with Crippen LogP contribution in [0.4, 0.5) is 0 Å². The average molecular weight is 227 g/mol. The molecule has 2 heterocycles. The number of aliphatic hydroxyl groups excluding tert-OH is 1. The first-order valence-electron chi connectivity index (χ1n) is 4.96. The summed E-state index contributed by atoms with van der Waals surface area (Å²) >= 11 is 0. The number of rotatable bonds is 3. The van der Waals surface area contributed by atoms with E-state index in [1.807, 2.05) is 0 Å². The molecular weight excluding hydrogens is 214 g/mol. The van der Waals surface area contributed by atoms with E-state index in [9.17, 15) is 9.90 Å². The number of hydrogen-bond donors (Lipinski definition) is 1. The highest BCUT2D eigenvalue weighted by Gasteiger charge is 2.37. The first-order valence-corrected chi connectivity index (χ1v) is 4.96. The number of ether oxygens (including phenoxy) is 1. The van der Waals surface area contributed by atoms with E-state index < -0.39 is 12.1 Å². The predicted octanol–water partition coefficient (Wildman–Crippen LogP) is -0.822. The molecule has 7 nitrogen and oxygen atoms in total. The molecule has 1 saturated heterocycles. The molecule has 0 saturated carbocycles. The molecule has 7 heteroatoms. The molecule has 0 radical (unpaired) electrons. The predicted molar refractivity (Wildman–Crippen MR) is 51.1 cm³/mol. The second-order valence-electron chi connectivity index (χ2n) is 3.71. The van der Waals surface area contributed by atoms with Crippen molar-refractivity contribution in [3.05, 3.63) is 12.2 Å². The van der Waals surface area contributed by atoms with Gasteiger partial charge in [0, 0.05) is 13.0 Å². The van der Waals surface area contributed by atoms with Crippen molar-refractivity contribution in [2.75, 3.05) is 13.7 Å². The summed E-state index contributed by atoms with van der Waals surface area (Å²) in [5.41, 5.74) is 0. The van der Waals surface area contributed by atoms with Gasteiger partial charge in [-0.1, -0.05) is 5.16 Å². The summed E-state index contributed by atoms with van der Waals surface area (Å²) in [5.74, 6) is 0.142. The first-order chi connectivity index (χ1) is 7.70. The van der Waals surface area contributed by atoms with Crippen LogP contribution in [0.15, 0.2) is 10.9 Å². The number of β-amino-alcohol motifs (C(OH)–C–C–N with tert-alkyl or cyclic N) is 1. The van der Waals surface area contributed by atoms with E-state index >= 15 is 0 Å². The number of carbonyl (C=O) groups excluding carboxylic acids is 1. The van der Waals surface area contributed by atoms with E-state index in [0.717, 1.165) is 0 Å². The van der Waals surface area contributed by atoms with E-state index in [1.165, 1.54) is 13.5 Å². The molecule has 2 rings (SSSR count). The van der Waals surface area contributed by atoms with Crippen molar-refractivity contribution in [3.63, 3.8) is 0 Å². The van der Waals surface area contributed by atoms with Gasteiger partial charge in [0.2, 0.25) is 6.39 Å². The van der Waals surface area contributed by atoms with Crippen LogP contribution in [-0.4, -0.2) is 51.9 Å². The number of nitrogens with zero attached hydrogens (tertiary/aromatic N) is 3. The molecule has 1 aliphatic heterocycles. The van der Waals surface area contributed by atoms with E-state index in [4.69, 9.17) is 0 Å². The van der Waals surface area contributed by atoms with Crippen molar-refractivity contribution in [2.24, 2.45) is 0 Å². The van der Waals surface area contributed by atoms with Crippen LogP contribution >= 0.6 is 0 Å². The summed E-state index contributed by atoms with van der Waals surface area (Å²) in [7, 11) is 1.33. The minimum absolute atomic E-state index is 0.347. The summed E-state index contributed by atoms with van der Waals surface area (Å²) in [6.45, 7) is 0.779. The van der Waals surface area contributed by atoms with Gasteiger partial charge < -0.3 is 14.4 Å². The highest BCUT2D eigenvalue weighted by Crippen LogP contribution is 2.20. The number of methoxy groups -OCH3 is 1. The summed E-state index contributed by atoms with van der Waals surface area (Å²) in [4.78, 5) is 17.1. The van der Waals surface area contributed by atoms with Gasteiger partial charge in [0.15, 0.2) is 5.82 Å². The largest absolute Gasteiger partial charge is 0.468 e. The van der Waals surface area contributed by atoms with Crippen LogP contribution in [0, 0.1) is 0 Å². The van der Waals surface area contributed by atoms with Crippen molar-refractivity contribution in [1.82, 2.24) is 15.0 Å². The Morgan fingerprint density at radius 3 is 3.25 bits per heavy atom. The van der Waals surface area contributed by atoms with Crippen LogP contribution in [0.1, 0.15) is 12.2 Å². The van der Waals surface area contributed by atoms with Crippen molar-refractivity contribution in [3.8, 4) is 0 Å². The van der Waals surface area contributed by atoms with Gasteiger partial charge >= 0.3 is 5.97 Å². The van der Waals surface area contributed by atoms with E-state index in [1.54, 1.807) is 4.90 Å². The topological polar surface area (TPSA) is 88.7 Å². The molecule has 0 spiro atoms. The average Bonchev–Trinajstić information content (AvgIpc) is 2.88. The molecule has 16 heavy (non-hydrogen) atoms. The zero-order chi connectivity index (χ0) is 11.5. The number of hydrogen-bond acceptors (Lipinski definition) is 7. The second kappa shape index (κ2) is 4.58. The fraction of sp³-hybridized carbons (Fsp3) is 0.667. The summed E-state index contributed by atoms with van der Waals surface area (Å²) < 4.78 is 9.28. The van der Waals surface area contributed by atoms with Crippen molar-refractivity contribution in [1.29, 1.82) is 0 Å². The molecule has 1 aliphatic rings. The minimum atomic E-state index is -0.518. The Bertz CT molecular complexity index is 354. The zero-order valence-corrected chi connectivity index (χ0v) is 8.87. The molecular formula is C9H13N3O4. The maximum absolute atomic E-state index is 11.5. The number of esters is 1. The van der Waals surface area contributed by atoms with Gasteiger partial charge in [-0.25, -0.2) is 0 Å². The normalized spacial score (nSPS) is 25.9. The molecule has 2 atom stereocenters. The molecule has 1 N–H and O–H groups in total. The highest BCUT2D eigenvalue weighted by atomic mass is 16.5. The van der Waals surface area contributed by atoms with Crippen molar-refractivity contribution >= 4 is 5.97 Å². The van der Waals surface area contributed by atoms with Gasteiger partial charge in [-0.2, -0.15) is 4.98 Å². The van der Waals surface area contributed by atoms with Gasteiger partial charge in [0.05, 0.1) is 19.8 Å². The van der Waals surface area contributed by atoms with E-state index in [-0.39, 0.29) is 5.97 Å². The Morgan fingerprint density at radius 2 is 2.62 bits per heavy atom. The number of likely N-dealkylation sites (tertiary alicyclic amines) is 1. The van der Waals surface area contributed by atoms with E-state index in [2.05, 4.69) is 19.4 Å². The fourth-order valence-electron chi connectivity index (χ4n) is 1.88. The summed E-state index contributed by atoms with van der Waals surface area (Å²) in [5, 5.41) is 13.2. The first kappa shape index (κ1) is 11.0. The maximum Gasteiger partial charge on any atom is 0.323 e. The minimum Gasteiger partial charge on any atom is -0.468 e. The number of aliphatic hydroxyl groups is 1. The van der Waals surface area contributed by atoms with Crippen LogP contribution in [0.2, 0.25) is 0 Å². The maximum atomic E-state index is 11.5. The molecule has 1 aromatic heterocycles. The SMILES string of the molecule is COC(=O)C1CC(O)CN1Cc1ncon1. The Kier molecular flexibility index (Phi) is 3.16. The Morgan fingerprint density at radius 1 is 1.81 bits per heavy atom. The summed E-state index contributed by atoms with van der Waals surface area (Å²) in [6, 6.07) is -0.432. The van der Waals surface area contributed by atoms with Crippen LogP contribution in [0.5, 0.6) is 0 Å². The standard InChI is InChI=1S/C9H13N3O4/c1-15-9(14)7-2-6(13)3-12(7)4-8-10-5-16-11-8/h5-7,13H,2-4H2,1H3. The third-order valence-corrected chi connectivity index (χ3v) is 2.61. The third kappa shape index (κ3) is 2.20. The van der Waals surface area contributed by atoms with Crippen LogP contribution in [0.3, 0.4) is 0 Å². The van der Waals surface area contributed by atoms with Crippen molar-refractivity contribution < 1.29 is 19.2 Å². The quantitative estimate of drug-likeness (QED) is 0.674. The molecule has 1 aromatic rings. The Hall–Kier alpha value is -1.47. The van der Waals surface area contributed by atoms with Crippen molar-refractivity contribution in [2.45, 2.75) is 25.1 Å². The van der Waals surface area contributed by atoms with Crippen LogP contribution in [-0.2, 0) is 16.1 Å². The third-order valence-electron chi connectivity index (χ3n) is 2.61. The number of carbonyl (C=O) groups is 1. The highest BCUT2D eigenvalue weighted by molar-refractivity contribution is 5.76. The van der Waals surface area contributed by atoms with Gasteiger partial charge in [-0.3, -0.25) is 9.69 Å². The molecule has 1 fully saturated rings. The molecule has 0 aliphatic carbocycles. The molecule has 88 valence electrons. The Balaban J connectivity index is 2.04.